The standard InChI is InChI=1S/C17H23FN4OS/c1-20(10-5-11-23-2)12-21-17(24)22(13-8-9-13)16(19-21)14-6-3-4-7-15(14)18/h3-4,6-7,13H,5,8-12H2,1-2H3. The van der Waals surface area contributed by atoms with Gasteiger partial charge >= 0.3 is 0 Å². The minimum atomic E-state index is -0.264. The van der Waals surface area contributed by atoms with E-state index in [4.69, 9.17) is 17.0 Å². The molecule has 0 atom stereocenters. The van der Waals surface area contributed by atoms with E-state index < -0.39 is 0 Å². The lowest BCUT2D eigenvalue weighted by molar-refractivity contribution is 0.168. The highest BCUT2D eigenvalue weighted by Crippen LogP contribution is 2.38. The second-order valence-electron chi connectivity index (χ2n) is 6.25. The molecule has 1 fully saturated rings. The van der Waals surface area contributed by atoms with Crippen LogP contribution in [0.5, 0.6) is 0 Å². The normalized spacial score (nSPS) is 14.5. The Balaban J connectivity index is 1.88. The maximum atomic E-state index is 14.2. The molecule has 0 saturated heterocycles. The first kappa shape index (κ1) is 17.3. The average molecular weight is 350 g/mol. The van der Waals surface area contributed by atoms with Gasteiger partial charge in [-0.15, -0.1) is 0 Å². The van der Waals surface area contributed by atoms with Crippen molar-refractivity contribution in [3.05, 3.63) is 34.9 Å². The molecule has 0 unspecified atom stereocenters. The molecule has 1 aromatic heterocycles. The van der Waals surface area contributed by atoms with Gasteiger partial charge in [0.25, 0.3) is 0 Å². The van der Waals surface area contributed by atoms with Crippen molar-refractivity contribution in [1.82, 2.24) is 19.2 Å². The Morgan fingerprint density at radius 1 is 1.38 bits per heavy atom. The van der Waals surface area contributed by atoms with E-state index in [-0.39, 0.29) is 5.82 Å². The quantitative estimate of drug-likeness (QED) is 0.539. The molecular weight excluding hydrogens is 327 g/mol. The maximum Gasteiger partial charge on any atom is 0.199 e. The molecule has 2 aromatic rings. The van der Waals surface area contributed by atoms with Crippen molar-refractivity contribution in [3.8, 4) is 11.4 Å². The summed E-state index contributed by atoms with van der Waals surface area (Å²) in [6.07, 6.45) is 3.10. The van der Waals surface area contributed by atoms with E-state index >= 15 is 0 Å². The third-order valence-corrected chi connectivity index (χ3v) is 4.57. The molecule has 0 spiro atoms. The van der Waals surface area contributed by atoms with Crippen LogP contribution < -0.4 is 0 Å². The summed E-state index contributed by atoms with van der Waals surface area (Å²) in [6, 6.07) is 7.09. The van der Waals surface area contributed by atoms with Crippen molar-refractivity contribution in [2.45, 2.75) is 32.0 Å². The fourth-order valence-electron chi connectivity index (χ4n) is 2.78. The Kier molecular flexibility index (Phi) is 5.43. The zero-order chi connectivity index (χ0) is 17.1. The molecule has 1 aliphatic rings. The fraction of sp³-hybridized carbons (Fsp3) is 0.529. The van der Waals surface area contributed by atoms with Crippen LogP contribution in [0.1, 0.15) is 25.3 Å². The van der Waals surface area contributed by atoms with E-state index in [1.54, 1.807) is 23.9 Å². The molecule has 1 aromatic carbocycles. The summed E-state index contributed by atoms with van der Waals surface area (Å²) in [6.45, 7) is 2.21. The number of aromatic nitrogens is 3. The Morgan fingerprint density at radius 3 is 2.79 bits per heavy atom. The van der Waals surface area contributed by atoms with Gasteiger partial charge in [0.05, 0.1) is 12.2 Å². The fourth-order valence-corrected chi connectivity index (χ4v) is 3.11. The first-order valence-electron chi connectivity index (χ1n) is 8.23. The van der Waals surface area contributed by atoms with E-state index in [1.807, 2.05) is 17.7 Å². The lowest BCUT2D eigenvalue weighted by atomic mass is 10.2. The number of rotatable bonds is 8. The van der Waals surface area contributed by atoms with Gasteiger partial charge in [-0.3, -0.25) is 9.47 Å². The number of hydrogen-bond donors (Lipinski definition) is 0. The lowest BCUT2D eigenvalue weighted by Crippen LogP contribution is -2.24. The molecule has 1 heterocycles. The van der Waals surface area contributed by atoms with E-state index in [0.29, 0.717) is 28.9 Å². The Hall–Kier alpha value is -1.57. The van der Waals surface area contributed by atoms with E-state index in [2.05, 4.69) is 10.00 Å². The molecule has 1 saturated carbocycles. The molecule has 0 radical (unpaired) electrons. The van der Waals surface area contributed by atoms with Crippen molar-refractivity contribution in [2.75, 3.05) is 27.3 Å². The Labute approximate surface area is 146 Å². The van der Waals surface area contributed by atoms with Crippen LogP contribution in [0.3, 0.4) is 0 Å². The molecule has 0 amide bonds. The van der Waals surface area contributed by atoms with Gasteiger partial charge in [0, 0.05) is 26.3 Å². The van der Waals surface area contributed by atoms with Crippen LogP contribution >= 0.6 is 12.2 Å². The second kappa shape index (κ2) is 7.55. The number of ether oxygens (including phenoxy) is 1. The van der Waals surface area contributed by atoms with Gasteiger partial charge in [0.1, 0.15) is 5.82 Å². The Morgan fingerprint density at radius 2 is 2.12 bits per heavy atom. The van der Waals surface area contributed by atoms with Gasteiger partial charge in [-0.05, 0) is 50.7 Å². The summed E-state index contributed by atoms with van der Waals surface area (Å²) in [7, 11) is 3.73. The summed E-state index contributed by atoms with van der Waals surface area (Å²) >= 11 is 5.62. The van der Waals surface area contributed by atoms with Crippen LogP contribution in [0.25, 0.3) is 11.4 Å². The topological polar surface area (TPSA) is 35.2 Å². The highest BCUT2D eigenvalue weighted by Gasteiger charge is 2.29. The van der Waals surface area contributed by atoms with Crippen molar-refractivity contribution < 1.29 is 9.13 Å². The molecule has 0 N–H and O–H groups in total. The van der Waals surface area contributed by atoms with Crippen LogP contribution in [0.15, 0.2) is 24.3 Å². The van der Waals surface area contributed by atoms with Crippen molar-refractivity contribution in [3.63, 3.8) is 0 Å². The predicted octanol–water partition coefficient (Wildman–Crippen LogP) is 3.48. The highest BCUT2D eigenvalue weighted by molar-refractivity contribution is 7.71. The number of methoxy groups -OCH3 is 1. The predicted molar refractivity (Wildman–Crippen MR) is 93.8 cm³/mol. The molecule has 24 heavy (non-hydrogen) atoms. The first-order valence-corrected chi connectivity index (χ1v) is 8.64. The largest absolute Gasteiger partial charge is 0.385 e. The van der Waals surface area contributed by atoms with Gasteiger partial charge < -0.3 is 4.74 Å². The molecule has 7 heteroatoms. The van der Waals surface area contributed by atoms with E-state index in [9.17, 15) is 4.39 Å². The summed E-state index contributed by atoms with van der Waals surface area (Å²) in [5.74, 6) is 0.367. The minimum absolute atomic E-state index is 0.264. The number of nitrogens with zero attached hydrogens (tertiary/aromatic N) is 4. The van der Waals surface area contributed by atoms with E-state index in [1.165, 1.54) is 6.07 Å². The number of benzene rings is 1. The molecule has 1 aliphatic carbocycles. The van der Waals surface area contributed by atoms with E-state index in [0.717, 1.165) is 32.4 Å². The second-order valence-corrected chi connectivity index (χ2v) is 6.62. The summed E-state index contributed by atoms with van der Waals surface area (Å²) in [4.78, 5) is 2.14. The Bertz CT molecular complexity index is 753. The SMILES string of the molecule is COCCCN(C)Cn1nc(-c2ccccc2F)n(C2CC2)c1=S. The average Bonchev–Trinajstić information content (AvgIpc) is 3.34. The summed E-state index contributed by atoms with van der Waals surface area (Å²) < 4.78 is 23.8. The molecule has 0 bridgehead atoms. The van der Waals surface area contributed by atoms with Crippen LogP contribution in [-0.2, 0) is 11.4 Å². The lowest BCUT2D eigenvalue weighted by Gasteiger charge is -2.15. The molecular formula is C17H23FN4OS. The highest BCUT2D eigenvalue weighted by atomic mass is 32.1. The summed E-state index contributed by atoms with van der Waals surface area (Å²) in [5, 5.41) is 4.63. The molecule has 0 aliphatic heterocycles. The van der Waals surface area contributed by atoms with Gasteiger partial charge in [0.15, 0.2) is 10.6 Å². The minimum Gasteiger partial charge on any atom is -0.385 e. The first-order chi connectivity index (χ1) is 11.6. The zero-order valence-corrected chi connectivity index (χ0v) is 14.9. The number of hydrogen-bond acceptors (Lipinski definition) is 4. The van der Waals surface area contributed by atoms with Crippen molar-refractivity contribution >= 4 is 12.2 Å². The van der Waals surface area contributed by atoms with Crippen LogP contribution in [0.2, 0.25) is 0 Å². The van der Waals surface area contributed by atoms with Gasteiger partial charge in [-0.1, -0.05) is 12.1 Å². The van der Waals surface area contributed by atoms with Crippen LogP contribution in [0, 0.1) is 10.6 Å². The van der Waals surface area contributed by atoms with Crippen LogP contribution in [-0.4, -0.2) is 46.6 Å². The smallest absolute Gasteiger partial charge is 0.199 e. The molecule has 3 rings (SSSR count). The maximum absolute atomic E-state index is 14.2. The number of halogens is 1. The molecule has 130 valence electrons. The third kappa shape index (κ3) is 3.74. The third-order valence-electron chi connectivity index (χ3n) is 4.16. The van der Waals surface area contributed by atoms with Crippen molar-refractivity contribution in [1.29, 1.82) is 0 Å². The van der Waals surface area contributed by atoms with Gasteiger partial charge in [0.2, 0.25) is 0 Å². The van der Waals surface area contributed by atoms with Gasteiger partial charge in [-0.25, -0.2) is 9.07 Å². The summed E-state index contributed by atoms with van der Waals surface area (Å²) in [5.41, 5.74) is 0.510. The van der Waals surface area contributed by atoms with Gasteiger partial charge in [-0.2, -0.15) is 5.10 Å². The monoisotopic (exact) mass is 350 g/mol. The van der Waals surface area contributed by atoms with Crippen molar-refractivity contribution in [2.24, 2.45) is 0 Å². The molecule has 5 nitrogen and oxygen atoms in total. The zero-order valence-electron chi connectivity index (χ0n) is 14.1. The van der Waals surface area contributed by atoms with Crippen LogP contribution in [0.4, 0.5) is 4.39 Å².